The molecule has 2 amide bonds. The summed E-state index contributed by atoms with van der Waals surface area (Å²) in [7, 11) is -3.97. The highest BCUT2D eigenvalue weighted by atomic mass is 32.2. The number of carboxylic acid groups (broad SMARTS) is 1. The molecule has 1 aliphatic heterocycles. The van der Waals surface area contributed by atoms with Crippen LogP contribution < -0.4 is 4.90 Å². The highest BCUT2D eigenvalue weighted by Gasteiger charge is 2.36. The quantitative estimate of drug-likeness (QED) is 0.832. The fraction of sp³-hybridized carbons (Fsp3) is 0.118. The Morgan fingerprint density at radius 3 is 2.20 bits per heavy atom. The van der Waals surface area contributed by atoms with Crippen molar-refractivity contribution in [1.82, 2.24) is 0 Å². The molecule has 0 fully saturated rings. The van der Waals surface area contributed by atoms with E-state index >= 15 is 0 Å². The largest absolute Gasteiger partial charge is 0.480 e. The van der Waals surface area contributed by atoms with Crippen LogP contribution in [0.3, 0.4) is 0 Å². The molecule has 0 aromatic heterocycles. The molecule has 1 aliphatic rings. The predicted molar refractivity (Wildman–Crippen MR) is 88.4 cm³/mol. The molecule has 0 atom stereocenters. The molecule has 0 radical (unpaired) electrons. The second kappa shape index (κ2) is 5.82. The lowest BCUT2D eigenvalue weighted by Gasteiger charge is -2.14. The van der Waals surface area contributed by atoms with Crippen LogP contribution in [0.25, 0.3) is 0 Å². The Morgan fingerprint density at radius 2 is 1.60 bits per heavy atom. The molecule has 7 nitrogen and oxygen atoms in total. The number of sulfone groups is 1. The van der Waals surface area contributed by atoms with Crippen LogP contribution in [-0.4, -0.2) is 37.1 Å². The van der Waals surface area contributed by atoms with Gasteiger partial charge in [0.15, 0.2) is 15.6 Å². The molecule has 0 saturated heterocycles. The Hall–Kier alpha value is -3.00. The van der Waals surface area contributed by atoms with E-state index in [1.165, 1.54) is 24.3 Å². The minimum absolute atomic E-state index is 0.189. The number of carbonyl (C=O) groups is 3. The van der Waals surface area contributed by atoms with Crippen molar-refractivity contribution in [3.05, 3.63) is 59.2 Å². The van der Waals surface area contributed by atoms with E-state index in [0.717, 1.165) is 10.5 Å². The van der Waals surface area contributed by atoms with Gasteiger partial charge < -0.3 is 5.11 Å². The number of carbonyl (C=O) groups excluding carboxylic acids is 2. The van der Waals surface area contributed by atoms with Crippen molar-refractivity contribution in [3.63, 3.8) is 0 Å². The number of fused-ring (bicyclic) bond motifs is 1. The maximum absolute atomic E-state index is 12.5. The van der Waals surface area contributed by atoms with Crippen LogP contribution in [0.1, 0.15) is 26.3 Å². The van der Waals surface area contributed by atoms with Crippen LogP contribution in [-0.2, 0) is 14.6 Å². The number of imide groups is 1. The van der Waals surface area contributed by atoms with Crippen molar-refractivity contribution in [2.75, 3.05) is 10.7 Å². The zero-order valence-corrected chi connectivity index (χ0v) is 13.9. The van der Waals surface area contributed by atoms with Gasteiger partial charge in [0, 0.05) is 0 Å². The number of anilines is 1. The van der Waals surface area contributed by atoms with Crippen LogP contribution in [0.2, 0.25) is 0 Å². The predicted octanol–water partition coefficient (Wildman–Crippen LogP) is 1.65. The molecule has 2 aromatic carbocycles. The lowest BCUT2D eigenvalue weighted by molar-refractivity contribution is -0.134. The maximum Gasteiger partial charge on any atom is 0.319 e. The summed E-state index contributed by atoms with van der Waals surface area (Å²) in [6, 6.07) is 9.92. The summed E-state index contributed by atoms with van der Waals surface area (Å²) in [5.41, 5.74) is 1.65. The van der Waals surface area contributed by atoms with Crippen LogP contribution in [0.5, 0.6) is 0 Å². The number of amides is 2. The molecule has 0 saturated carbocycles. The molecule has 1 N–H and O–H groups in total. The molecule has 0 unspecified atom stereocenters. The van der Waals surface area contributed by atoms with Crippen molar-refractivity contribution in [2.45, 2.75) is 11.8 Å². The topological polar surface area (TPSA) is 109 Å². The third-order valence-corrected chi connectivity index (χ3v) is 5.43. The molecule has 128 valence electrons. The first-order valence-electron chi connectivity index (χ1n) is 7.25. The van der Waals surface area contributed by atoms with Crippen molar-refractivity contribution in [2.24, 2.45) is 0 Å². The Kier molecular flexibility index (Phi) is 3.92. The Labute approximate surface area is 143 Å². The van der Waals surface area contributed by atoms with Gasteiger partial charge in [0.1, 0.15) is 0 Å². The van der Waals surface area contributed by atoms with Gasteiger partial charge in [0.25, 0.3) is 11.8 Å². The summed E-state index contributed by atoms with van der Waals surface area (Å²) >= 11 is 0. The monoisotopic (exact) mass is 359 g/mol. The van der Waals surface area contributed by atoms with Gasteiger partial charge in [-0.05, 0) is 43.3 Å². The molecular formula is C17H13NO6S. The smallest absolute Gasteiger partial charge is 0.319 e. The molecular weight excluding hydrogens is 346 g/mol. The van der Waals surface area contributed by atoms with Gasteiger partial charge in [-0.15, -0.1) is 0 Å². The first-order valence-corrected chi connectivity index (χ1v) is 8.90. The summed E-state index contributed by atoms with van der Waals surface area (Å²) in [6.07, 6.45) is 0. The molecule has 3 rings (SSSR count). The average Bonchev–Trinajstić information content (AvgIpc) is 2.77. The van der Waals surface area contributed by atoms with E-state index in [1.807, 2.05) is 6.92 Å². The summed E-state index contributed by atoms with van der Waals surface area (Å²) in [6.45, 7) is 1.81. The van der Waals surface area contributed by atoms with Crippen molar-refractivity contribution >= 4 is 33.3 Å². The van der Waals surface area contributed by atoms with Gasteiger partial charge in [0.05, 0.1) is 21.7 Å². The second-order valence-corrected chi connectivity index (χ2v) is 7.63. The van der Waals surface area contributed by atoms with Crippen molar-refractivity contribution in [3.8, 4) is 0 Å². The number of aryl methyl sites for hydroxylation is 1. The molecule has 0 spiro atoms. The van der Waals surface area contributed by atoms with E-state index in [4.69, 9.17) is 5.11 Å². The molecule has 8 heteroatoms. The van der Waals surface area contributed by atoms with E-state index in [0.29, 0.717) is 5.56 Å². The van der Waals surface area contributed by atoms with Gasteiger partial charge in [-0.3, -0.25) is 14.4 Å². The third kappa shape index (κ3) is 2.91. The van der Waals surface area contributed by atoms with E-state index < -0.39 is 33.4 Å². The normalized spacial score (nSPS) is 13.9. The van der Waals surface area contributed by atoms with Crippen LogP contribution in [0, 0.1) is 6.92 Å². The lowest BCUT2D eigenvalue weighted by Crippen LogP contribution is -2.29. The minimum atomic E-state index is -3.97. The van der Waals surface area contributed by atoms with Gasteiger partial charge in [-0.25, -0.2) is 13.3 Å². The zero-order chi connectivity index (χ0) is 18.4. The van der Waals surface area contributed by atoms with Gasteiger partial charge in [-0.1, -0.05) is 11.6 Å². The minimum Gasteiger partial charge on any atom is -0.480 e. The Bertz CT molecular complexity index is 1010. The maximum atomic E-state index is 12.5. The number of aliphatic carboxylic acids is 1. The highest BCUT2D eigenvalue weighted by molar-refractivity contribution is 7.92. The lowest BCUT2D eigenvalue weighted by atomic mass is 10.1. The molecule has 0 bridgehead atoms. The van der Waals surface area contributed by atoms with Gasteiger partial charge in [0.2, 0.25) is 0 Å². The number of rotatable bonds is 4. The van der Waals surface area contributed by atoms with Crippen LogP contribution in [0.4, 0.5) is 5.69 Å². The fourth-order valence-corrected chi connectivity index (χ4v) is 3.68. The zero-order valence-electron chi connectivity index (χ0n) is 13.1. The van der Waals surface area contributed by atoms with E-state index in [-0.39, 0.29) is 16.1 Å². The number of benzene rings is 2. The second-order valence-electron chi connectivity index (χ2n) is 5.64. The van der Waals surface area contributed by atoms with E-state index in [1.54, 1.807) is 18.2 Å². The van der Waals surface area contributed by atoms with Crippen LogP contribution >= 0.6 is 0 Å². The number of hydrogen-bond acceptors (Lipinski definition) is 5. The highest BCUT2D eigenvalue weighted by Crippen LogP contribution is 2.29. The number of nitrogens with zero attached hydrogens (tertiary/aromatic N) is 1. The summed E-state index contributed by atoms with van der Waals surface area (Å²) < 4.78 is 23.8. The molecule has 2 aromatic rings. The number of carboxylic acids is 1. The van der Waals surface area contributed by atoms with Crippen LogP contribution in [0.15, 0.2) is 47.4 Å². The summed E-state index contributed by atoms with van der Waals surface area (Å²) in [5, 5.41) is 8.65. The molecule has 0 aliphatic carbocycles. The summed E-state index contributed by atoms with van der Waals surface area (Å²) in [5.74, 6) is -3.45. The van der Waals surface area contributed by atoms with E-state index in [9.17, 15) is 22.8 Å². The SMILES string of the molecule is Cc1ccc2c(c1)C(=O)N(c1ccc(S(=O)(=O)CC(=O)O)cc1)C2=O. The standard InChI is InChI=1S/C17H13NO6S/c1-10-2-7-13-14(8-10)17(22)18(16(13)21)11-3-5-12(6-4-11)25(23,24)9-15(19)20/h2-8H,9H2,1H3,(H,19,20). The van der Waals surface area contributed by atoms with Gasteiger partial charge >= 0.3 is 5.97 Å². The Balaban J connectivity index is 1.95. The molecule has 25 heavy (non-hydrogen) atoms. The first kappa shape index (κ1) is 16.8. The van der Waals surface area contributed by atoms with Gasteiger partial charge in [-0.2, -0.15) is 0 Å². The number of hydrogen-bond donors (Lipinski definition) is 1. The fourth-order valence-electron chi connectivity index (χ4n) is 2.64. The Morgan fingerprint density at radius 1 is 1.00 bits per heavy atom. The molecule has 1 heterocycles. The van der Waals surface area contributed by atoms with E-state index in [2.05, 4.69) is 0 Å². The average molecular weight is 359 g/mol. The van der Waals surface area contributed by atoms with Crippen molar-refractivity contribution < 1.29 is 27.9 Å². The first-order chi connectivity index (χ1) is 11.7. The summed E-state index contributed by atoms with van der Waals surface area (Å²) in [4.78, 5) is 36.4. The van der Waals surface area contributed by atoms with Crippen molar-refractivity contribution in [1.29, 1.82) is 0 Å². The third-order valence-electron chi connectivity index (χ3n) is 3.81.